The number of carbonyl (C=O) groups is 2. The summed E-state index contributed by atoms with van der Waals surface area (Å²) in [6, 6.07) is 14.1. The lowest BCUT2D eigenvalue weighted by Gasteiger charge is -2.09. The van der Waals surface area contributed by atoms with Crippen LogP contribution in [0, 0.1) is 0 Å². The van der Waals surface area contributed by atoms with Crippen LogP contribution in [0.5, 0.6) is 5.75 Å². The Kier molecular flexibility index (Phi) is 6.17. The Labute approximate surface area is 146 Å². The summed E-state index contributed by atoms with van der Waals surface area (Å²) in [5, 5.41) is 7.91. The first-order chi connectivity index (χ1) is 12.0. The number of rotatable bonds is 5. The highest BCUT2D eigenvalue weighted by Gasteiger charge is 2.06. The third-order valence-electron chi connectivity index (χ3n) is 3.52. The number of urea groups is 1. The molecule has 0 atom stereocenters. The van der Waals surface area contributed by atoms with E-state index in [1.807, 2.05) is 31.2 Å². The Bertz CT molecular complexity index is 783. The van der Waals surface area contributed by atoms with Crippen molar-refractivity contribution in [2.24, 2.45) is 0 Å². The average molecular weight is 339 g/mol. The predicted molar refractivity (Wildman–Crippen MR) is 99.8 cm³/mol. The zero-order valence-corrected chi connectivity index (χ0v) is 14.4. The van der Waals surface area contributed by atoms with Crippen LogP contribution in [0.1, 0.15) is 12.5 Å². The van der Waals surface area contributed by atoms with Gasteiger partial charge in [-0.2, -0.15) is 0 Å². The molecule has 3 amide bonds. The minimum atomic E-state index is -0.299. The van der Waals surface area contributed by atoms with Crippen LogP contribution in [0.3, 0.4) is 0 Å². The van der Waals surface area contributed by atoms with Gasteiger partial charge in [-0.3, -0.25) is 4.79 Å². The summed E-state index contributed by atoms with van der Waals surface area (Å²) in [4.78, 5) is 23.4. The first-order valence-corrected chi connectivity index (χ1v) is 7.75. The van der Waals surface area contributed by atoms with Crippen LogP contribution >= 0.6 is 0 Å². The van der Waals surface area contributed by atoms with Crippen LogP contribution in [-0.2, 0) is 4.79 Å². The molecule has 0 heterocycles. The van der Waals surface area contributed by atoms with Gasteiger partial charge < -0.3 is 20.7 Å². The fourth-order valence-electron chi connectivity index (χ4n) is 2.25. The van der Waals surface area contributed by atoms with Crippen molar-refractivity contribution in [2.75, 3.05) is 24.8 Å². The highest BCUT2D eigenvalue weighted by Crippen LogP contribution is 2.25. The molecule has 2 aromatic rings. The second kappa shape index (κ2) is 8.54. The third-order valence-corrected chi connectivity index (χ3v) is 3.52. The number of carbonyl (C=O) groups excluding carboxylic acids is 2. The Balaban J connectivity index is 2.05. The van der Waals surface area contributed by atoms with Gasteiger partial charge in [-0.25, -0.2) is 4.79 Å². The van der Waals surface area contributed by atoms with E-state index in [0.717, 1.165) is 11.1 Å². The van der Waals surface area contributed by atoms with Crippen molar-refractivity contribution in [3.05, 3.63) is 60.2 Å². The van der Waals surface area contributed by atoms with Gasteiger partial charge in [0.25, 0.3) is 0 Å². The Morgan fingerprint density at radius 3 is 2.16 bits per heavy atom. The molecule has 0 saturated carbocycles. The molecule has 2 aromatic carbocycles. The molecule has 0 saturated heterocycles. The average Bonchev–Trinajstić information content (AvgIpc) is 2.63. The third kappa shape index (κ3) is 5.10. The van der Waals surface area contributed by atoms with Crippen molar-refractivity contribution in [1.82, 2.24) is 5.32 Å². The number of nitrogens with one attached hydrogen (secondary N) is 3. The molecule has 0 aromatic heterocycles. The molecule has 0 aliphatic carbocycles. The fraction of sp³-hybridized carbons (Fsp3) is 0.158. The van der Waals surface area contributed by atoms with Gasteiger partial charge in [0.05, 0.1) is 7.11 Å². The van der Waals surface area contributed by atoms with Gasteiger partial charge >= 0.3 is 6.03 Å². The second-order valence-electron chi connectivity index (χ2n) is 5.30. The molecule has 0 spiro atoms. The SMILES string of the molecule is CNC(=O)Nc1ccc(NC(=O)/C=C(\C)c2ccccc2OC)cc1. The zero-order chi connectivity index (χ0) is 18.2. The minimum Gasteiger partial charge on any atom is -0.496 e. The van der Waals surface area contributed by atoms with Crippen LogP contribution in [-0.4, -0.2) is 26.1 Å². The normalized spacial score (nSPS) is 10.8. The second-order valence-corrected chi connectivity index (χ2v) is 5.30. The molecule has 0 radical (unpaired) electrons. The molecule has 0 aliphatic rings. The van der Waals surface area contributed by atoms with E-state index in [2.05, 4.69) is 16.0 Å². The molecular formula is C19H21N3O3. The summed E-state index contributed by atoms with van der Waals surface area (Å²) >= 11 is 0. The first kappa shape index (κ1) is 18.1. The number of benzene rings is 2. The Morgan fingerprint density at radius 2 is 1.56 bits per heavy atom. The number of allylic oxidation sites excluding steroid dienone is 1. The first-order valence-electron chi connectivity index (χ1n) is 7.75. The predicted octanol–water partition coefficient (Wildman–Crippen LogP) is 3.49. The maximum absolute atomic E-state index is 12.2. The van der Waals surface area contributed by atoms with Gasteiger partial charge in [0, 0.05) is 30.1 Å². The van der Waals surface area contributed by atoms with Gasteiger partial charge in [-0.05, 0) is 42.8 Å². The van der Waals surface area contributed by atoms with Crippen molar-refractivity contribution < 1.29 is 14.3 Å². The number of ether oxygens (including phenoxy) is 1. The summed E-state index contributed by atoms with van der Waals surface area (Å²) in [6.45, 7) is 1.85. The maximum Gasteiger partial charge on any atom is 0.318 e. The van der Waals surface area contributed by atoms with Crippen molar-refractivity contribution in [3.8, 4) is 5.75 Å². The van der Waals surface area contributed by atoms with Crippen LogP contribution in [0.25, 0.3) is 5.57 Å². The van der Waals surface area contributed by atoms with Crippen molar-refractivity contribution in [3.63, 3.8) is 0 Å². The van der Waals surface area contributed by atoms with E-state index in [4.69, 9.17) is 4.74 Å². The van der Waals surface area contributed by atoms with Crippen molar-refractivity contribution >= 4 is 28.9 Å². The molecule has 25 heavy (non-hydrogen) atoms. The summed E-state index contributed by atoms with van der Waals surface area (Å²) in [5.41, 5.74) is 2.94. The molecule has 130 valence electrons. The largest absolute Gasteiger partial charge is 0.496 e. The Morgan fingerprint density at radius 1 is 0.960 bits per heavy atom. The van der Waals surface area contributed by atoms with E-state index in [1.165, 1.54) is 6.08 Å². The molecule has 6 heteroatoms. The topological polar surface area (TPSA) is 79.5 Å². The lowest BCUT2D eigenvalue weighted by atomic mass is 10.1. The van der Waals surface area contributed by atoms with Crippen molar-refractivity contribution in [2.45, 2.75) is 6.92 Å². The van der Waals surface area contributed by atoms with E-state index in [0.29, 0.717) is 17.1 Å². The van der Waals surface area contributed by atoms with E-state index >= 15 is 0 Å². The summed E-state index contributed by atoms with van der Waals surface area (Å²) in [5.74, 6) is 0.476. The number of amides is 3. The van der Waals surface area contributed by atoms with Gasteiger partial charge in [0.1, 0.15) is 5.75 Å². The van der Waals surface area contributed by atoms with E-state index in [1.54, 1.807) is 38.4 Å². The molecule has 0 fully saturated rings. The van der Waals surface area contributed by atoms with E-state index in [-0.39, 0.29) is 11.9 Å². The number of hydrogen-bond acceptors (Lipinski definition) is 3. The Hall–Kier alpha value is -3.28. The highest BCUT2D eigenvalue weighted by molar-refractivity contribution is 6.04. The molecule has 3 N–H and O–H groups in total. The van der Waals surface area contributed by atoms with Gasteiger partial charge in [-0.15, -0.1) is 0 Å². The molecule has 6 nitrogen and oxygen atoms in total. The quantitative estimate of drug-likeness (QED) is 0.730. The van der Waals surface area contributed by atoms with Crippen molar-refractivity contribution in [1.29, 1.82) is 0 Å². The van der Waals surface area contributed by atoms with E-state index in [9.17, 15) is 9.59 Å². The molecule has 2 rings (SSSR count). The maximum atomic E-state index is 12.2. The summed E-state index contributed by atoms with van der Waals surface area (Å²) in [6.07, 6.45) is 1.52. The smallest absolute Gasteiger partial charge is 0.318 e. The summed E-state index contributed by atoms with van der Waals surface area (Å²) < 4.78 is 5.31. The lowest BCUT2D eigenvalue weighted by Crippen LogP contribution is -2.24. The lowest BCUT2D eigenvalue weighted by molar-refractivity contribution is -0.111. The van der Waals surface area contributed by atoms with Gasteiger partial charge in [0.2, 0.25) is 5.91 Å². The summed E-state index contributed by atoms with van der Waals surface area (Å²) in [7, 11) is 3.14. The zero-order valence-electron chi connectivity index (χ0n) is 14.4. The van der Waals surface area contributed by atoms with Gasteiger partial charge in [0.15, 0.2) is 0 Å². The van der Waals surface area contributed by atoms with Crippen LogP contribution < -0.4 is 20.7 Å². The number of para-hydroxylation sites is 1. The standard InChI is InChI=1S/C19H21N3O3/c1-13(16-6-4-5-7-17(16)25-3)12-18(23)21-14-8-10-15(11-9-14)22-19(24)20-2/h4-12H,1-3H3,(H,21,23)(H2,20,22,24)/b13-12+. The number of hydrogen-bond donors (Lipinski definition) is 3. The monoisotopic (exact) mass is 339 g/mol. The molecule has 0 bridgehead atoms. The number of anilines is 2. The molecular weight excluding hydrogens is 318 g/mol. The van der Waals surface area contributed by atoms with Gasteiger partial charge in [-0.1, -0.05) is 18.2 Å². The fourth-order valence-corrected chi connectivity index (χ4v) is 2.25. The van der Waals surface area contributed by atoms with Crippen LogP contribution in [0.4, 0.5) is 16.2 Å². The van der Waals surface area contributed by atoms with E-state index < -0.39 is 0 Å². The van der Waals surface area contributed by atoms with Crippen LogP contribution in [0.15, 0.2) is 54.6 Å². The molecule has 0 aliphatic heterocycles. The minimum absolute atomic E-state index is 0.240. The number of methoxy groups -OCH3 is 1. The molecule has 0 unspecified atom stereocenters. The highest BCUT2D eigenvalue weighted by atomic mass is 16.5. The van der Waals surface area contributed by atoms with Crippen LogP contribution in [0.2, 0.25) is 0 Å².